The van der Waals surface area contributed by atoms with E-state index in [1.807, 2.05) is 25.3 Å². The first-order valence-electron chi connectivity index (χ1n) is 6.28. The van der Waals surface area contributed by atoms with Crippen LogP contribution in [-0.4, -0.2) is 29.3 Å². The molecule has 6 heteroatoms. The Morgan fingerprint density at radius 1 is 1.53 bits per heavy atom. The van der Waals surface area contributed by atoms with Gasteiger partial charge in [-0.3, -0.25) is 9.59 Å². The highest BCUT2D eigenvalue weighted by Gasteiger charge is 2.31. The number of hydrogen-bond donors (Lipinski definition) is 1. The molecule has 1 unspecified atom stereocenters. The highest BCUT2D eigenvalue weighted by atomic mass is 79.9. The van der Waals surface area contributed by atoms with Crippen molar-refractivity contribution < 1.29 is 9.59 Å². The first-order chi connectivity index (χ1) is 8.97. The van der Waals surface area contributed by atoms with Gasteiger partial charge in [0.2, 0.25) is 11.8 Å². The topological polar surface area (TPSA) is 49.4 Å². The molecule has 0 spiro atoms. The first-order valence-corrected chi connectivity index (χ1v) is 7.95. The molecule has 1 saturated heterocycles. The van der Waals surface area contributed by atoms with Gasteiger partial charge in [0.25, 0.3) is 0 Å². The summed E-state index contributed by atoms with van der Waals surface area (Å²) >= 11 is 5.03. The summed E-state index contributed by atoms with van der Waals surface area (Å²) in [5.74, 6) is 0.0828. The van der Waals surface area contributed by atoms with Crippen LogP contribution in [0.5, 0.6) is 0 Å². The Hall–Kier alpha value is -0.880. The van der Waals surface area contributed by atoms with Crippen molar-refractivity contribution in [2.45, 2.75) is 32.9 Å². The van der Waals surface area contributed by atoms with E-state index >= 15 is 0 Å². The van der Waals surface area contributed by atoms with Crippen LogP contribution in [-0.2, 0) is 16.1 Å². The fourth-order valence-electron chi connectivity index (χ4n) is 2.08. The number of amides is 2. The minimum absolute atomic E-state index is 0.0189. The van der Waals surface area contributed by atoms with Crippen LogP contribution in [0, 0.1) is 5.92 Å². The molecule has 0 radical (unpaired) electrons. The van der Waals surface area contributed by atoms with Crippen LogP contribution >= 0.6 is 27.3 Å². The monoisotopic (exact) mass is 344 g/mol. The van der Waals surface area contributed by atoms with E-state index in [1.165, 1.54) is 0 Å². The van der Waals surface area contributed by atoms with Crippen LogP contribution < -0.4 is 5.32 Å². The number of thiophene rings is 1. The zero-order valence-electron chi connectivity index (χ0n) is 11.0. The number of rotatable bonds is 3. The molecule has 2 heterocycles. The molecule has 4 nitrogen and oxygen atoms in total. The fraction of sp³-hybridized carbons (Fsp3) is 0.538. The lowest BCUT2D eigenvalue weighted by Crippen LogP contribution is -2.47. The van der Waals surface area contributed by atoms with E-state index in [4.69, 9.17) is 0 Å². The van der Waals surface area contributed by atoms with Gasteiger partial charge in [0, 0.05) is 27.7 Å². The molecule has 19 heavy (non-hydrogen) atoms. The fourth-order valence-corrected chi connectivity index (χ4v) is 3.55. The average molecular weight is 345 g/mol. The van der Waals surface area contributed by atoms with Crippen molar-refractivity contribution in [1.82, 2.24) is 10.2 Å². The van der Waals surface area contributed by atoms with Gasteiger partial charge in [-0.05, 0) is 27.9 Å². The second-order valence-corrected chi connectivity index (χ2v) is 6.94. The summed E-state index contributed by atoms with van der Waals surface area (Å²) in [6, 6.07) is 1.61. The summed E-state index contributed by atoms with van der Waals surface area (Å²) in [4.78, 5) is 27.0. The van der Waals surface area contributed by atoms with Crippen molar-refractivity contribution in [2.75, 3.05) is 6.54 Å². The first kappa shape index (κ1) is 14.5. The summed E-state index contributed by atoms with van der Waals surface area (Å²) in [7, 11) is 0. The number of carbonyl (C=O) groups excluding carboxylic acids is 2. The van der Waals surface area contributed by atoms with Crippen molar-refractivity contribution in [3.63, 3.8) is 0 Å². The maximum Gasteiger partial charge on any atom is 0.245 e. The summed E-state index contributed by atoms with van der Waals surface area (Å²) in [6.07, 6.45) is 0.376. The van der Waals surface area contributed by atoms with E-state index in [-0.39, 0.29) is 17.7 Å². The molecule has 104 valence electrons. The molecule has 0 aromatic carbocycles. The molecule has 0 aliphatic carbocycles. The third kappa shape index (κ3) is 3.57. The molecule has 2 rings (SSSR count). The number of nitrogens with zero attached hydrogens (tertiary/aromatic N) is 1. The van der Waals surface area contributed by atoms with Gasteiger partial charge in [-0.2, -0.15) is 0 Å². The van der Waals surface area contributed by atoms with E-state index in [1.54, 1.807) is 16.2 Å². The molecule has 1 aromatic rings. The van der Waals surface area contributed by atoms with E-state index in [9.17, 15) is 9.59 Å². The maximum atomic E-state index is 12.4. The van der Waals surface area contributed by atoms with E-state index in [0.29, 0.717) is 19.5 Å². The molecule has 0 saturated carbocycles. The summed E-state index contributed by atoms with van der Waals surface area (Å²) in [5.41, 5.74) is 0. The number of nitrogens with one attached hydrogen (secondary N) is 1. The van der Waals surface area contributed by atoms with Crippen LogP contribution in [0.1, 0.15) is 25.1 Å². The van der Waals surface area contributed by atoms with E-state index in [0.717, 1.165) is 9.35 Å². The molecule has 1 aliphatic heterocycles. The largest absolute Gasteiger partial charge is 0.344 e. The lowest BCUT2D eigenvalue weighted by Gasteiger charge is -2.25. The molecule has 2 amide bonds. The predicted molar refractivity (Wildman–Crippen MR) is 78.8 cm³/mol. The third-order valence-corrected chi connectivity index (χ3v) is 4.82. The summed E-state index contributed by atoms with van der Waals surface area (Å²) in [6.45, 7) is 4.97. The van der Waals surface area contributed by atoms with Crippen molar-refractivity contribution in [2.24, 2.45) is 5.92 Å². The smallest absolute Gasteiger partial charge is 0.245 e. The Labute approximate surface area is 125 Å². The summed E-state index contributed by atoms with van der Waals surface area (Å²) in [5, 5.41) is 4.81. The van der Waals surface area contributed by atoms with Gasteiger partial charge >= 0.3 is 0 Å². The van der Waals surface area contributed by atoms with Gasteiger partial charge < -0.3 is 10.2 Å². The van der Waals surface area contributed by atoms with Crippen LogP contribution in [0.2, 0.25) is 0 Å². The zero-order valence-corrected chi connectivity index (χ0v) is 13.4. The molecular weight excluding hydrogens is 328 g/mol. The lowest BCUT2D eigenvalue weighted by atomic mass is 10.0. The van der Waals surface area contributed by atoms with Gasteiger partial charge in [-0.1, -0.05) is 13.8 Å². The highest BCUT2D eigenvalue weighted by Crippen LogP contribution is 2.22. The van der Waals surface area contributed by atoms with Gasteiger partial charge in [0.05, 0.1) is 6.54 Å². The van der Waals surface area contributed by atoms with Crippen molar-refractivity contribution in [1.29, 1.82) is 0 Å². The zero-order chi connectivity index (χ0) is 14.0. The molecule has 0 bridgehead atoms. The Morgan fingerprint density at radius 2 is 2.26 bits per heavy atom. The number of carbonyl (C=O) groups is 2. The maximum absolute atomic E-state index is 12.4. The summed E-state index contributed by atoms with van der Waals surface area (Å²) < 4.78 is 1.03. The molecular formula is C13H17BrN2O2S. The molecule has 1 aliphatic rings. The number of halogens is 1. The molecule has 1 fully saturated rings. The normalized spacial score (nSPS) is 20.6. The number of hydrogen-bond acceptors (Lipinski definition) is 3. The molecule has 1 atom stereocenters. The Bertz CT molecular complexity index is 487. The Balaban J connectivity index is 2.14. The van der Waals surface area contributed by atoms with Gasteiger partial charge in [-0.15, -0.1) is 11.3 Å². The minimum Gasteiger partial charge on any atom is -0.344 e. The SMILES string of the molecule is CC(C)C1NC(=O)CCN(Cc2cc(Br)cs2)C1=O. The second-order valence-electron chi connectivity index (χ2n) is 5.03. The van der Waals surface area contributed by atoms with E-state index in [2.05, 4.69) is 21.2 Å². The van der Waals surface area contributed by atoms with Crippen LogP contribution in [0.15, 0.2) is 15.9 Å². The molecule has 1 aromatic heterocycles. The van der Waals surface area contributed by atoms with E-state index < -0.39 is 6.04 Å². The standard InChI is InChI=1S/C13H17BrN2O2S/c1-8(2)12-13(18)16(4-3-11(17)15-12)6-10-5-9(14)7-19-10/h5,7-8,12H,3-4,6H2,1-2H3,(H,15,17). The quantitative estimate of drug-likeness (QED) is 0.915. The Morgan fingerprint density at radius 3 is 2.84 bits per heavy atom. The van der Waals surface area contributed by atoms with Gasteiger partial charge in [-0.25, -0.2) is 0 Å². The third-order valence-electron chi connectivity index (χ3n) is 3.14. The minimum atomic E-state index is -0.404. The lowest BCUT2D eigenvalue weighted by molar-refractivity contribution is -0.135. The van der Waals surface area contributed by atoms with Crippen molar-refractivity contribution in [3.05, 3.63) is 20.8 Å². The van der Waals surface area contributed by atoms with Crippen molar-refractivity contribution in [3.8, 4) is 0 Å². The predicted octanol–water partition coefficient (Wildman–Crippen LogP) is 2.38. The highest BCUT2D eigenvalue weighted by molar-refractivity contribution is 9.10. The van der Waals surface area contributed by atoms with Gasteiger partial charge in [0.1, 0.15) is 6.04 Å². The van der Waals surface area contributed by atoms with Crippen LogP contribution in [0.4, 0.5) is 0 Å². The van der Waals surface area contributed by atoms with Gasteiger partial charge in [0.15, 0.2) is 0 Å². The van der Waals surface area contributed by atoms with Crippen LogP contribution in [0.25, 0.3) is 0 Å². The molecule has 1 N–H and O–H groups in total. The Kier molecular flexibility index (Phi) is 4.62. The second kappa shape index (κ2) is 6.05. The average Bonchev–Trinajstić information content (AvgIpc) is 2.69. The van der Waals surface area contributed by atoms with Crippen LogP contribution in [0.3, 0.4) is 0 Å². The van der Waals surface area contributed by atoms with Crippen molar-refractivity contribution >= 4 is 39.1 Å².